The third kappa shape index (κ3) is 3.91. The molecule has 0 spiro atoms. The van der Waals surface area contributed by atoms with Crippen LogP contribution in [0, 0.1) is 5.92 Å². The topological polar surface area (TPSA) is 84.6 Å². The Morgan fingerprint density at radius 2 is 2.33 bits per heavy atom. The summed E-state index contributed by atoms with van der Waals surface area (Å²) in [6.07, 6.45) is 0.646. The first-order valence-electron chi connectivity index (χ1n) is 4.79. The fourth-order valence-electron chi connectivity index (χ4n) is 1.30. The van der Waals surface area contributed by atoms with Crippen molar-refractivity contribution in [1.82, 2.24) is 5.32 Å². The fraction of sp³-hybridized carbons (Fsp3) is 0.667. The molecular formula is C9H15N3O2S. The Balaban J connectivity index is 2.55. The Bertz CT molecular complexity index is 302. The zero-order valence-corrected chi connectivity index (χ0v) is 9.63. The molecule has 6 heteroatoms. The van der Waals surface area contributed by atoms with Crippen molar-refractivity contribution in [3.8, 4) is 0 Å². The summed E-state index contributed by atoms with van der Waals surface area (Å²) in [4.78, 5) is 25.7. The van der Waals surface area contributed by atoms with Crippen molar-refractivity contribution in [2.24, 2.45) is 16.6 Å². The maximum absolute atomic E-state index is 11.1. The molecule has 0 fully saturated rings. The van der Waals surface area contributed by atoms with Gasteiger partial charge in [0.2, 0.25) is 5.91 Å². The minimum atomic E-state index is -0.435. The van der Waals surface area contributed by atoms with Gasteiger partial charge in [-0.1, -0.05) is 25.6 Å². The highest BCUT2D eigenvalue weighted by Gasteiger charge is 2.22. The zero-order valence-electron chi connectivity index (χ0n) is 8.82. The van der Waals surface area contributed by atoms with E-state index in [-0.39, 0.29) is 5.24 Å². The summed E-state index contributed by atoms with van der Waals surface area (Å²) < 4.78 is 0. The lowest BCUT2D eigenvalue weighted by molar-refractivity contribution is -0.120. The molecule has 84 valence electrons. The van der Waals surface area contributed by atoms with Gasteiger partial charge in [0.25, 0.3) is 0 Å². The molecule has 2 amide bonds. The van der Waals surface area contributed by atoms with Crippen LogP contribution in [0.2, 0.25) is 0 Å². The minimum absolute atomic E-state index is 0.217. The van der Waals surface area contributed by atoms with Gasteiger partial charge in [0, 0.05) is 0 Å². The van der Waals surface area contributed by atoms with E-state index in [0.717, 1.165) is 11.8 Å². The Morgan fingerprint density at radius 3 is 2.73 bits per heavy atom. The number of thioether (sulfide) groups is 1. The summed E-state index contributed by atoms with van der Waals surface area (Å²) in [5.74, 6) is 1.01. The average Bonchev–Trinajstić information content (AvgIpc) is 2.49. The van der Waals surface area contributed by atoms with Crippen molar-refractivity contribution in [2.75, 3.05) is 5.75 Å². The molecule has 1 aliphatic rings. The van der Waals surface area contributed by atoms with E-state index in [1.165, 1.54) is 0 Å². The van der Waals surface area contributed by atoms with E-state index in [9.17, 15) is 9.59 Å². The van der Waals surface area contributed by atoms with Gasteiger partial charge in [0.05, 0.1) is 5.75 Å². The smallest absolute Gasteiger partial charge is 0.306 e. The first-order chi connectivity index (χ1) is 6.99. The average molecular weight is 229 g/mol. The van der Waals surface area contributed by atoms with Crippen LogP contribution in [0.3, 0.4) is 0 Å². The number of carbonyl (C=O) groups is 2. The number of primary amides is 1. The molecule has 0 saturated carbocycles. The van der Waals surface area contributed by atoms with Crippen molar-refractivity contribution in [2.45, 2.75) is 26.3 Å². The first kappa shape index (κ1) is 12.0. The molecule has 0 radical (unpaired) electrons. The van der Waals surface area contributed by atoms with Crippen LogP contribution in [0.25, 0.3) is 0 Å². The van der Waals surface area contributed by atoms with Gasteiger partial charge in [-0.2, -0.15) is 4.99 Å². The fourth-order valence-corrected chi connectivity index (χ4v) is 1.88. The van der Waals surface area contributed by atoms with Gasteiger partial charge in [-0.25, -0.2) is 0 Å². The van der Waals surface area contributed by atoms with Crippen molar-refractivity contribution in [1.29, 1.82) is 0 Å². The predicted octanol–water partition coefficient (Wildman–Crippen LogP) is 0.741. The third-order valence-corrected chi connectivity index (χ3v) is 2.71. The molecule has 0 unspecified atom stereocenters. The Morgan fingerprint density at radius 1 is 1.67 bits per heavy atom. The highest BCUT2D eigenvalue weighted by atomic mass is 32.2. The third-order valence-electron chi connectivity index (χ3n) is 1.95. The van der Waals surface area contributed by atoms with E-state index in [1.54, 1.807) is 0 Å². The van der Waals surface area contributed by atoms with Gasteiger partial charge in [-0.3, -0.25) is 9.59 Å². The molecule has 5 nitrogen and oxygen atoms in total. The molecule has 0 aromatic rings. The number of carbonyl (C=O) groups excluding carboxylic acids is 2. The van der Waals surface area contributed by atoms with Crippen LogP contribution in [0.1, 0.15) is 20.3 Å². The first-order valence-corrected chi connectivity index (χ1v) is 5.77. The van der Waals surface area contributed by atoms with Crippen molar-refractivity contribution in [3.63, 3.8) is 0 Å². The summed E-state index contributed by atoms with van der Waals surface area (Å²) in [7, 11) is 0. The summed E-state index contributed by atoms with van der Waals surface area (Å²) >= 11 is 1.12. The number of hydrogen-bond donors (Lipinski definition) is 2. The number of rotatable bonds is 4. The maximum atomic E-state index is 11.1. The van der Waals surface area contributed by atoms with Crippen LogP contribution in [0.4, 0.5) is 4.79 Å². The second kappa shape index (κ2) is 5.16. The standard InChI is InChI=1S/C9H15N3O2S/c1-5(2)3-6(8(10)13)11-7-4-15-9(14)12-7/h5-6H,3-4H2,1-2H3,(H2,10,13)(H,11,12,14)/t6-/m0/s1. The lowest BCUT2D eigenvalue weighted by atomic mass is 10.0. The molecular weight excluding hydrogens is 214 g/mol. The van der Waals surface area contributed by atoms with Crippen LogP contribution in [0.15, 0.2) is 4.99 Å². The molecule has 0 aromatic heterocycles. The van der Waals surface area contributed by atoms with Crippen LogP contribution < -0.4 is 11.1 Å². The molecule has 0 aromatic carbocycles. The van der Waals surface area contributed by atoms with Crippen LogP contribution in [-0.4, -0.2) is 28.8 Å². The number of hydrogen-bond acceptors (Lipinski definition) is 4. The van der Waals surface area contributed by atoms with E-state index in [2.05, 4.69) is 10.3 Å². The molecule has 0 aliphatic carbocycles. The number of amides is 2. The quantitative estimate of drug-likeness (QED) is 0.744. The van der Waals surface area contributed by atoms with Gasteiger partial charge in [0.15, 0.2) is 0 Å². The second-order valence-electron chi connectivity index (χ2n) is 3.84. The summed E-state index contributed by atoms with van der Waals surface area (Å²) in [5, 5.41) is 2.69. The SMILES string of the molecule is CC(C)C[C@H](NC1=NC(=O)SC1)C(N)=O. The molecule has 1 atom stereocenters. The van der Waals surface area contributed by atoms with Gasteiger partial charge >= 0.3 is 5.24 Å². The number of nitrogens with two attached hydrogens (primary N) is 1. The summed E-state index contributed by atoms with van der Waals surface area (Å²) in [6, 6.07) is -0.435. The number of nitrogens with zero attached hydrogens (tertiary/aromatic N) is 1. The van der Waals surface area contributed by atoms with E-state index in [1.807, 2.05) is 13.8 Å². The molecule has 1 aliphatic heterocycles. The van der Waals surface area contributed by atoms with Crippen molar-refractivity contribution in [3.05, 3.63) is 0 Å². The minimum Gasteiger partial charge on any atom is -0.368 e. The number of nitrogens with one attached hydrogen (secondary N) is 1. The van der Waals surface area contributed by atoms with E-state index in [4.69, 9.17) is 5.73 Å². The van der Waals surface area contributed by atoms with E-state index < -0.39 is 11.9 Å². The lowest BCUT2D eigenvalue weighted by Crippen LogP contribution is -2.45. The summed E-state index contributed by atoms with van der Waals surface area (Å²) in [6.45, 7) is 4.02. The monoisotopic (exact) mass is 229 g/mol. The van der Waals surface area contributed by atoms with Crippen LogP contribution in [0.5, 0.6) is 0 Å². The summed E-state index contributed by atoms with van der Waals surface area (Å²) in [5.41, 5.74) is 5.25. The second-order valence-corrected chi connectivity index (χ2v) is 4.77. The van der Waals surface area contributed by atoms with E-state index >= 15 is 0 Å². The van der Waals surface area contributed by atoms with Gasteiger partial charge < -0.3 is 11.1 Å². The Labute approximate surface area is 92.9 Å². The lowest BCUT2D eigenvalue weighted by Gasteiger charge is -2.17. The molecule has 1 heterocycles. The number of amidine groups is 1. The molecule has 15 heavy (non-hydrogen) atoms. The molecule has 0 bridgehead atoms. The van der Waals surface area contributed by atoms with Crippen molar-refractivity contribution >= 4 is 28.7 Å². The zero-order chi connectivity index (χ0) is 11.4. The van der Waals surface area contributed by atoms with Crippen molar-refractivity contribution < 1.29 is 9.59 Å². The predicted molar refractivity (Wildman–Crippen MR) is 60.9 cm³/mol. The normalized spacial score (nSPS) is 17.8. The maximum Gasteiger partial charge on any atom is 0.306 e. The Kier molecular flexibility index (Phi) is 4.14. The Hall–Kier alpha value is -1.04. The molecule has 3 N–H and O–H groups in total. The molecule has 1 rings (SSSR count). The molecule has 0 saturated heterocycles. The van der Waals surface area contributed by atoms with Gasteiger partial charge in [-0.15, -0.1) is 0 Å². The van der Waals surface area contributed by atoms with E-state index in [0.29, 0.717) is 23.9 Å². The van der Waals surface area contributed by atoms with Crippen LogP contribution >= 0.6 is 11.8 Å². The number of aliphatic imine (C=N–C) groups is 1. The van der Waals surface area contributed by atoms with Crippen LogP contribution in [-0.2, 0) is 4.79 Å². The largest absolute Gasteiger partial charge is 0.368 e. The van der Waals surface area contributed by atoms with Gasteiger partial charge in [0.1, 0.15) is 11.9 Å². The highest BCUT2D eigenvalue weighted by Crippen LogP contribution is 2.13. The van der Waals surface area contributed by atoms with Gasteiger partial charge in [-0.05, 0) is 12.3 Å². The highest BCUT2D eigenvalue weighted by molar-refractivity contribution is 8.14.